The monoisotopic (exact) mass is 326 g/mol. The van der Waals surface area contributed by atoms with Gasteiger partial charge in [-0.2, -0.15) is 5.10 Å². The highest BCUT2D eigenvalue weighted by Crippen LogP contribution is 2.21. The normalized spacial score (nSPS) is 15.8. The maximum Gasteiger partial charge on any atom is 0.335 e. The number of amides is 1. The molecule has 1 aromatic carbocycles. The SMILES string of the molecule is O=C(O)c1ccc(C=CC(=O)N2CCC(n3cncn3)CC2)cc1. The maximum atomic E-state index is 12.2. The van der Waals surface area contributed by atoms with E-state index < -0.39 is 5.97 Å². The van der Waals surface area contributed by atoms with E-state index in [-0.39, 0.29) is 11.5 Å². The molecule has 0 bridgehead atoms. The largest absolute Gasteiger partial charge is 0.478 e. The van der Waals surface area contributed by atoms with E-state index in [0.29, 0.717) is 19.1 Å². The summed E-state index contributed by atoms with van der Waals surface area (Å²) in [6.45, 7) is 1.37. The molecule has 1 saturated heterocycles. The molecule has 0 atom stereocenters. The molecule has 24 heavy (non-hydrogen) atoms. The number of aromatic carboxylic acids is 1. The van der Waals surface area contributed by atoms with E-state index in [4.69, 9.17) is 5.11 Å². The Morgan fingerprint density at radius 1 is 1.17 bits per heavy atom. The maximum absolute atomic E-state index is 12.2. The van der Waals surface area contributed by atoms with Crippen LogP contribution < -0.4 is 0 Å². The first-order valence-corrected chi connectivity index (χ1v) is 7.78. The summed E-state index contributed by atoms with van der Waals surface area (Å²) in [4.78, 5) is 28.8. The van der Waals surface area contributed by atoms with Crippen LogP contribution in [0.15, 0.2) is 43.0 Å². The van der Waals surface area contributed by atoms with E-state index in [1.807, 2.05) is 9.58 Å². The fourth-order valence-corrected chi connectivity index (χ4v) is 2.77. The molecular weight excluding hydrogens is 308 g/mol. The van der Waals surface area contributed by atoms with Gasteiger partial charge in [0, 0.05) is 19.2 Å². The van der Waals surface area contributed by atoms with Gasteiger partial charge in [-0.15, -0.1) is 0 Å². The first kappa shape index (κ1) is 15.9. The van der Waals surface area contributed by atoms with Crippen LogP contribution in [0, 0.1) is 0 Å². The third kappa shape index (κ3) is 3.68. The first-order chi connectivity index (χ1) is 11.6. The smallest absolute Gasteiger partial charge is 0.335 e. The molecule has 0 aliphatic carbocycles. The lowest BCUT2D eigenvalue weighted by Gasteiger charge is -2.31. The van der Waals surface area contributed by atoms with Crippen LogP contribution in [0.3, 0.4) is 0 Å². The minimum Gasteiger partial charge on any atom is -0.478 e. The van der Waals surface area contributed by atoms with Crippen molar-refractivity contribution >= 4 is 18.0 Å². The molecule has 0 spiro atoms. The Bertz CT molecular complexity index is 730. The summed E-state index contributed by atoms with van der Waals surface area (Å²) in [6.07, 6.45) is 8.19. The van der Waals surface area contributed by atoms with Gasteiger partial charge in [-0.3, -0.25) is 4.79 Å². The molecule has 1 fully saturated rings. The van der Waals surface area contributed by atoms with Crippen LogP contribution in [0.1, 0.15) is 34.8 Å². The summed E-state index contributed by atoms with van der Waals surface area (Å²) in [5.41, 5.74) is 1.03. The molecular formula is C17H18N4O3. The predicted molar refractivity (Wildman–Crippen MR) is 87.3 cm³/mol. The quantitative estimate of drug-likeness (QED) is 0.866. The Balaban J connectivity index is 1.54. The minimum absolute atomic E-state index is 0.0330. The number of nitrogens with zero attached hydrogens (tertiary/aromatic N) is 4. The number of carboxylic acid groups (broad SMARTS) is 1. The van der Waals surface area contributed by atoms with Crippen LogP contribution in [0.4, 0.5) is 0 Å². The number of hydrogen-bond acceptors (Lipinski definition) is 4. The Hall–Kier alpha value is -2.96. The van der Waals surface area contributed by atoms with Crippen molar-refractivity contribution in [3.05, 3.63) is 54.1 Å². The molecule has 1 aromatic heterocycles. The average molecular weight is 326 g/mol. The fourth-order valence-electron chi connectivity index (χ4n) is 2.77. The van der Waals surface area contributed by atoms with Crippen molar-refractivity contribution in [1.82, 2.24) is 19.7 Å². The zero-order chi connectivity index (χ0) is 16.9. The summed E-state index contributed by atoms with van der Waals surface area (Å²) < 4.78 is 1.85. The molecule has 124 valence electrons. The van der Waals surface area contributed by atoms with Crippen LogP contribution in [-0.2, 0) is 4.79 Å². The molecule has 2 aromatic rings. The summed E-state index contributed by atoms with van der Waals surface area (Å²) in [7, 11) is 0. The van der Waals surface area contributed by atoms with E-state index in [2.05, 4.69) is 10.1 Å². The lowest BCUT2D eigenvalue weighted by Crippen LogP contribution is -2.38. The molecule has 1 aliphatic heterocycles. The van der Waals surface area contributed by atoms with Crippen LogP contribution in [0.25, 0.3) is 6.08 Å². The van der Waals surface area contributed by atoms with Gasteiger partial charge >= 0.3 is 5.97 Å². The van der Waals surface area contributed by atoms with Gasteiger partial charge in [0.15, 0.2) is 0 Å². The van der Waals surface area contributed by atoms with Crippen LogP contribution in [-0.4, -0.2) is 49.7 Å². The van der Waals surface area contributed by atoms with Gasteiger partial charge in [0.25, 0.3) is 0 Å². The number of rotatable bonds is 4. The topological polar surface area (TPSA) is 88.3 Å². The minimum atomic E-state index is -0.961. The van der Waals surface area contributed by atoms with E-state index in [1.165, 1.54) is 24.5 Å². The lowest BCUT2D eigenvalue weighted by atomic mass is 10.1. The van der Waals surface area contributed by atoms with Crippen molar-refractivity contribution in [3.63, 3.8) is 0 Å². The third-order valence-corrected chi connectivity index (χ3v) is 4.16. The van der Waals surface area contributed by atoms with Crippen LogP contribution in [0.2, 0.25) is 0 Å². The number of benzene rings is 1. The van der Waals surface area contributed by atoms with Gasteiger partial charge < -0.3 is 10.0 Å². The standard InChI is InChI=1S/C17H18N4O3/c22-16(6-3-13-1-4-14(5-2-13)17(23)24)20-9-7-15(8-10-20)21-12-18-11-19-21/h1-6,11-12,15H,7-10H2,(H,23,24). The zero-order valence-corrected chi connectivity index (χ0v) is 13.1. The number of hydrogen-bond donors (Lipinski definition) is 1. The molecule has 7 nitrogen and oxygen atoms in total. The van der Waals surface area contributed by atoms with E-state index in [9.17, 15) is 9.59 Å². The van der Waals surface area contributed by atoms with Crippen molar-refractivity contribution in [1.29, 1.82) is 0 Å². The van der Waals surface area contributed by atoms with Crippen molar-refractivity contribution in [2.45, 2.75) is 18.9 Å². The second-order valence-electron chi connectivity index (χ2n) is 5.69. The molecule has 1 aliphatic rings. The second kappa shape index (κ2) is 7.08. The number of piperidine rings is 1. The zero-order valence-electron chi connectivity index (χ0n) is 13.1. The van der Waals surface area contributed by atoms with Gasteiger partial charge in [-0.25, -0.2) is 14.5 Å². The Morgan fingerprint density at radius 2 is 1.88 bits per heavy atom. The molecule has 0 unspecified atom stereocenters. The van der Waals surface area contributed by atoms with Gasteiger partial charge in [0.1, 0.15) is 12.7 Å². The fraction of sp³-hybridized carbons (Fsp3) is 0.294. The Morgan fingerprint density at radius 3 is 2.46 bits per heavy atom. The number of carbonyl (C=O) groups excluding carboxylic acids is 1. The van der Waals surface area contributed by atoms with E-state index in [0.717, 1.165) is 18.4 Å². The molecule has 1 N–H and O–H groups in total. The number of aromatic nitrogens is 3. The van der Waals surface area contributed by atoms with Gasteiger partial charge in [0.2, 0.25) is 5.91 Å². The van der Waals surface area contributed by atoms with Gasteiger partial charge in [-0.05, 0) is 36.6 Å². The molecule has 0 radical (unpaired) electrons. The van der Waals surface area contributed by atoms with Crippen LogP contribution in [0.5, 0.6) is 0 Å². The van der Waals surface area contributed by atoms with Crippen molar-refractivity contribution in [2.24, 2.45) is 0 Å². The molecule has 0 saturated carbocycles. The highest BCUT2D eigenvalue weighted by atomic mass is 16.4. The number of likely N-dealkylation sites (tertiary alicyclic amines) is 1. The Kier molecular flexibility index (Phi) is 4.69. The van der Waals surface area contributed by atoms with Crippen LogP contribution >= 0.6 is 0 Å². The number of carbonyl (C=O) groups is 2. The summed E-state index contributed by atoms with van der Waals surface area (Å²) in [5, 5.41) is 13.0. The van der Waals surface area contributed by atoms with E-state index >= 15 is 0 Å². The predicted octanol–water partition coefficient (Wildman–Crippen LogP) is 1.85. The van der Waals surface area contributed by atoms with Gasteiger partial charge in [0.05, 0.1) is 11.6 Å². The van der Waals surface area contributed by atoms with Crippen molar-refractivity contribution in [2.75, 3.05) is 13.1 Å². The molecule has 7 heteroatoms. The Labute approximate surface area is 139 Å². The molecule has 1 amide bonds. The van der Waals surface area contributed by atoms with Crippen molar-refractivity contribution in [3.8, 4) is 0 Å². The van der Waals surface area contributed by atoms with Crippen molar-refractivity contribution < 1.29 is 14.7 Å². The average Bonchev–Trinajstić information content (AvgIpc) is 3.15. The van der Waals surface area contributed by atoms with E-state index in [1.54, 1.807) is 24.5 Å². The third-order valence-electron chi connectivity index (χ3n) is 4.16. The summed E-state index contributed by atoms with van der Waals surface area (Å²) >= 11 is 0. The summed E-state index contributed by atoms with van der Waals surface area (Å²) in [6, 6.07) is 6.71. The lowest BCUT2D eigenvalue weighted by molar-refractivity contribution is -0.127. The highest BCUT2D eigenvalue weighted by molar-refractivity contribution is 5.92. The molecule has 2 heterocycles. The first-order valence-electron chi connectivity index (χ1n) is 7.78. The van der Waals surface area contributed by atoms with Gasteiger partial charge in [-0.1, -0.05) is 12.1 Å². The summed E-state index contributed by atoms with van der Waals surface area (Å²) in [5.74, 6) is -0.994. The number of carboxylic acids is 1. The molecule has 3 rings (SSSR count). The second-order valence-corrected chi connectivity index (χ2v) is 5.69. The highest BCUT2D eigenvalue weighted by Gasteiger charge is 2.22.